The maximum absolute atomic E-state index is 13.0. The Kier molecular flexibility index (Phi) is 4.38. The van der Waals surface area contributed by atoms with Gasteiger partial charge in [-0.25, -0.2) is 0 Å². The highest BCUT2D eigenvalue weighted by molar-refractivity contribution is 5.80. The molecule has 4 aliphatic heterocycles. The number of methoxy groups -OCH3 is 1. The van der Waals surface area contributed by atoms with Crippen LogP contribution in [0.1, 0.15) is 37.7 Å². The molecule has 0 aromatic heterocycles. The van der Waals surface area contributed by atoms with E-state index in [0.717, 1.165) is 62.0 Å². The molecule has 1 saturated carbocycles. The predicted octanol–water partition coefficient (Wildman–Crippen LogP) is 2.65. The molecule has 27 heavy (non-hydrogen) atoms. The Morgan fingerprint density at radius 1 is 1.15 bits per heavy atom. The molecule has 2 atom stereocenters. The lowest BCUT2D eigenvalue weighted by molar-refractivity contribution is -0.141. The highest BCUT2D eigenvalue weighted by Gasteiger charge is 2.41. The fraction of sp³-hybridized carbons (Fsp3) is 0.667. The number of carbonyl (C=O) groups is 1. The van der Waals surface area contributed by atoms with Gasteiger partial charge >= 0.3 is 0 Å². The van der Waals surface area contributed by atoms with Crippen LogP contribution in [-0.2, 0) is 11.3 Å². The summed E-state index contributed by atoms with van der Waals surface area (Å²) in [6.07, 6.45) is 6.10. The quantitative estimate of drug-likeness (QED) is 0.795. The summed E-state index contributed by atoms with van der Waals surface area (Å²) in [6.45, 7) is 3.85. The molecule has 146 valence electrons. The van der Waals surface area contributed by atoms with Crippen molar-refractivity contribution in [2.24, 2.45) is 11.8 Å². The van der Waals surface area contributed by atoms with Crippen LogP contribution in [0, 0.1) is 11.8 Å². The molecule has 1 amide bonds. The van der Waals surface area contributed by atoms with E-state index in [1.165, 1.54) is 19.3 Å². The Labute approximate surface area is 160 Å². The molecule has 6 nitrogen and oxygen atoms in total. The van der Waals surface area contributed by atoms with Crippen LogP contribution < -0.4 is 14.2 Å². The van der Waals surface area contributed by atoms with Crippen molar-refractivity contribution in [3.8, 4) is 17.2 Å². The van der Waals surface area contributed by atoms with Crippen molar-refractivity contribution in [3.63, 3.8) is 0 Å². The van der Waals surface area contributed by atoms with E-state index in [4.69, 9.17) is 14.2 Å². The van der Waals surface area contributed by atoms with Gasteiger partial charge in [0.15, 0.2) is 11.5 Å². The molecule has 1 aliphatic carbocycles. The number of fused-ring (bicyclic) bond motifs is 5. The van der Waals surface area contributed by atoms with Crippen LogP contribution >= 0.6 is 0 Å². The van der Waals surface area contributed by atoms with Gasteiger partial charge in [-0.2, -0.15) is 0 Å². The average Bonchev–Trinajstić information content (AvgIpc) is 2.95. The van der Waals surface area contributed by atoms with Crippen LogP contribution in [0.25, 0.3) is 0 Å². The van der Waals surface area contributed by atoms with Crippen LogP contribution in [0.3, 0.4) is 0 Å². The zero-order valence-electron chi connectivity index (χ0n) is 16.0. The average molecular weight is 372 g/mol. The second kappa shape index (κ2) is 6.89. The van der Waals surface area contributed by atoms with Crippen molar-refractivity contribution in [2.75, 3.05) is 33.5 Å². The van der Waals surface area contributed by atoms with Gasteiger partial charge < -0.3 is 19.1 Å². The topological polar surface area (TPSA) is 51.2 Å². The number of carbonyl (C=O) groups excluding carboxylic acids is 1. The zero-order chi connectivity index (χ0) is 18.4. The SMILES string of the molecule is COc1cc(CN2C[C@H]3CC[C@@H](C2)N(CC2CCC2)C3=O)cc2c1OCO2. The molecular formula is C21H28N2O4. The number of nitrogens with zero attached hydrogens (tertiary/aromatic N) is 2. The first kappa shape index (κ1) is 17.2. The van der Waals surface area contributed by atoms with Gasteiger partial charge in [-0.05, 0) is 49.3 Å². The van der Waals surface area contributed by atoms with Gasteiger partial charge in [-0.3, -0.25) is 9.69 Å². The smallest absolute Gasteiger partial charge is 0.231 e. The highest BCUT2D eigenvalue weighted by atomic mass is 16.7. The number of piperidine rings is 1. The minimum absolute atomic E-state index is 0.153. The fourth-order valence-corrected chi connectivity index (χ4v) is 4.99. The van der Waals surface area contributed by atoms with E-state index in [2.05, 4.69) is 9.80 Å². The Balaban J connectivity index is 1.33. The fourth-order valence-electron chi connectivity index (χ4n) is 4.99. The summed E-state index contributed by atoms with van der Waals surface area (Å²) in [5.41, 5.74) is 1.15. The summed E-state index contributed by atoms with van der Waals surface area (Å²) in [7, 11) is 1.66. The molecule has 0 radical (unpaired) electrons. The van der Waals surface area contributed by atoms with Crippen molar-refractivity contribution in [1.29, 1.82) is 0 Å². The number of ether oxygens (including phenoxy) is 3. The molecule has 4 heterocycles. The molecule has 0 unspecified atom stereocenters. The maximum atomic E-state index is 13.0. The molecule has 0 N–H and O–H groups in total. The second-order valence-corrected chi connectivity index (χ2v) is 8.44. The molecular weight excluding hydrogens is 344 g/mol. The molecule has 6 rings (SSSR count). The Bertz CT molecular complexity index is 733. The van der Waals surface area contributed by atoms with E-state index in [-0.39, 0.29) is 12.7 Å². The molecule has 4 fully saturated rings. The van der Waals surface area contributed by atoms with Crippen molar-refractivity contribution >= 4 is 5.91 Å². The van der Waals surface area contributed by atoms with E-state index in [1.54, 1.807) is 7.11 Å². The van der Waals surface area contributed by atoms with E-state index in [0.29, 0.717) is 17.7 Å². The summed E-state index contributed by atoms with van der Waals surface area (Å²) in [5.74, 6) is 3.45. The van der Waals surface area contributed by atoms with Gasteiger partial charge in [0, 0.05) is 32.2 Å². The van der Waals surface area contributed by atoms with Gasteiger partial charge in [0.05, 0.1) is 13.0 Å². The van der Waals surface area contributed by atoms with Crippen LogP contribution in [-0.4, -0.2) is 55.3 Å². The van der Waals surface area contributed by atoms with Gasteiger partial charge in [0.25, 0.3) is 0 Å². The Morgan fingerprint density at radius 2 is 2.04 bits per heavy atom. The first-order valence-electron chi connectivity index (χ1n) is 10.2. The number of benzene rings is 1. The number of amides is 1. The van der Waals surface area contributed by atoms with Gasteiger partial charge in [-0.15, -0.1) is 0 Å². The largest absolute Gasteiger partial charge is 0.493 e. The minimum Gasteiger partial charge on any atom is -0.493 e. The molecule has 3 saturated heterocycles. The minimum atomic E-state index is 0.153. The summed E-state index contributed by atoms with van der Waals surface area (Å²) in [5, 5.41) is 0. The van der Waals surface area contributed by atoms with E-state index in [1.807, 2.05) is 12.1 Å². The monoisotopic (exact) mass is 372 g/mol. The van der Waals surface area contributed by atoms with Crippen molar-refractivity contribution < 1.29 is 19.0 Å². The lowest BCUT2D eigenvalue weighted by Crippen LogP contribution is -2.50. The van der Waals surface area contributed by atoms with Crippen LogP contribution in [0.2, 0.25) is 0 Å². The first-order valence-corrected chi connectivity index (χ1v) is 10.2. The van der Waals surface area contributed by atoms with Crippen molar-refractivity contribution in [1.82, 2.24) is 9.80 Å². The van der Waals surface area contributed by atoms with Crippen molar-refractivity contribution in [2.45, 2.75) is 44.7 Å². The van der Waals surface area contributed by atoms with Crippen LogP contribution in [0.15, 0.2) is 12.1 Å². The third-order valence-electron chi connectivity index (χ3n) is 6.67. The molecule has 5 aliphatic rings. The summed E-state index contributed by atoms with van der Waals surface area (Å²) < 4.78 is 16.5. The second-order valence-electron chi connectivity index (χ2n) is 8.44. The van der Waals surface area contributed by atoms with Crippen LogP contribution in [0.5, 0.6) is 17.2 Å². The van der Waals surface area contributed by atoms with E-state index in [9.17, 15) is 4.79 Å². The van der Waals surface area contributed by atoms with E-state index >= 15 is 0 Å². The molecule has 0 spiro atoms. The van der Waals surface area contributed by atoms with E-state index < -0.39 is 0 Å². The summed E-state index contributed by atoms with van der Waals surface area (Å²) in [4.78, 5) is 17.6. The maximum Gasteiger partial charge on any atom is 0.231 e. The Hall–Kier alpha value is -1.95. The zero-order valence-corrected chi connectivity index (χ0v) is 16.0. The molecule has 2 bridgehead atoms. The normalized spacial score (nSPS) is 27.6. The summed E-state index contributed by atoms with van der Waals surface area (Å²) >= 11 is 0. The predicted molar refractivity (Wildman–Crippen MR) is 100.0 cm³/mol. The lowest BCUT2D eigenvalue weighted by Gasteiger charge is -2.40. The van der Waals surface area contributed by atoms with Gasteiger partial charge in [-0.1, -0.05) is 6.42 Å². The third-order valence-corrected chi connectivity index (χ3v) is 6.67. The molecule has 1 aromatic rings. The van der Waals surface area contributed by atoms with Gasteiger partial charge in [0.1, 0.15) is 0 Å². The molecule has 6 heteroatoms. The Morgan fingerprint density at radius 3 is 2.81 bits per heavy atom. The highest BCUT2D eigenvalue weighted by Crippen LogP contribution is 2.42. The van der Waals surface area contributed by atoms with Crippen LogP contribution in [0.4, 0.5) is 0 Å². The van der Waals surface area contributed by atoms with Crippen molar-refractivity contribution in [3.05, 3.63) is 17.7 Å². The number of hydrogen-bond acceptors (Lipinski definition) is 5. The number of rotatable bonds is 5. The molecule has 1 aromatic carbocycles. The van der Waals surface area contributed by atoms with Gasteiger partial charge in [0.2, 0.25) is 18.4 Å². The lowest BCUT2D eigenvalue weighted by atomic mass is 9.83. The summed E-state index contributed by atoms with van der Waals surface area (Å²) in [6, 6.07) is 4.45. The number of hydrogen-bond donors (Lipinski definition) is 0. The standard InChI is InChI=1S/C21H28N2O4/c1-25-18-7-15(8-19-20(18)27-13-26-19)9-22-11-16-5-6-17(12-22)23(21(16)24)10-14-3-2-4-14/h7-8,14,16-17H,2-6,9-13H2,1H3/t16-,17+/m1/s1. The first-order chi connectivity index (χ1) is 13.2. The third kappa shape index (κ3) is 3.14.